The molecule has 1 aromatic heterocycles. The van der Waals surface area contributed by atoms with Gasteiger partial charge in [-0.15, -0.1) is 11.8 Å². The second-order valence-corrected chi connectivity index (χ2v) is 8.54. The zero-order chi connectivity index (χ0) is 18.2. The van der Waals surface area contributed by atoms with Crippen molar-refractivity contribution in [2.75, 3.05) is 18.8 Å². The Balaban J connectivity index is 1.60. The number of benzene rings is 1. The van der Waals surface area contributed by atoms with Crippen molar-refractivity contribution in [3.8, 4) is 0 Å². The van der Waals surface area contributed by atoms with Gasteiger partial charge in [0, 0.05) is 36.6 Å². The molecule has 1 aliphatic rings. The number of amides is 1. The summed E-state index contributed by atoms with van der Waals surface area (Å²) in [5, 5.41) is 12.4. The lowest BCUT2D eigenvalue weighted by Gasteiger charge is -2.20. The number of β-amino-alcohol motifs (C(OH)–C–C–N with tert-alkyl or cyclic N) is 1. The van der Waals surface area contributed by atoms with E-state index in [-0.39, 0.29) is 11.8 Å². The standard InChI is InChI=1S/C20H26N2O2S/c1-13-5-6-17-16(9-13)14(2)10-18(21-17)25-8-7-19(23)22-11-15(3)20(4,24)12-22/h5-6,9-10,15,24H,7-8,11-12H2,1-4H3/t15-,20+/m1/s1. The third kappa shape index (κ3) is 3.98. The van der Waals surface area contributed by atoms with Crippen LogP contribution in [0.5, 0.6) is 0 Å². The first-order chi connectivity index (χ1) is 11.8. The molecule has 0 bridgehead atoms. The summed E-state index contributed by atoms with van der Waals surface area (Å²) in [7, 11) is 0. The third-order valence-electron chi connectivity index (χ3n) is 5.13. The van der Waals surface area contributed by atoms with Crippen LogP contribution in [0.1, 0.15) is 31.4 Å². The average Bonchev–Trinajstić information content (AvgIpc) is 2.82. The summed E-state index contributed by atoms with van der Waals surface area (Å²) in [6.07, 6.45) is 0.472. The quantitative estimate of drug-likeness (QED) is 0.849. The number of rotatable bonds is 4. The van der Waals surface area contributed by atoms with Crippen LogP contribution in [0.4, 0.5) is 0 Å². The van der Waals surface area contributed by atoms with Gasteiger partial charge in [0.2, 0.25) is 5.91 Å². The molecule has 1 fully saturated rings. The maximum atomic E-state index is 12.4. The van der Waals surface area contributed by atoms with Gasteiger partial charge in [-0.1, -0.05) is 18.6 Å². The lowest BCUT2D eigenvalue weighted by atomic mass is 9.95. The van der Waals surface area contributed by atoms with E-state index in [4.69, 9.17) is 4.98 Å². The molecule has 0 spiro atoms. The van der Waals surface area contributed by atoms with Crippen molar-refractivity contribution >= 4 is 28.6 Å². The van der Waals surface area contributed by atoms with Crippen molar-refractivity contribution in [1.29, 1.82) is 0 Å². The normalized spacial score (nSPS) is 23.4. The fourth-order valence-electron chi connectivity index (χ4n) is 3.28. The molecular weight excluding hydrogens is 332 g/mol. The summed E-state index contributed by atoms with van der Waals surface area (Å²) in [6.45, 7) is 9.07. The minimum absolute atomic E-state index is 0.116. The van der Waals surface area contributed by atoms with Gasteiger partial charge in [0.1, 0.15) is 0 Å². The Labute approximate surface area is 153 Å². The SMILES string of the molecule is Cc1ccc2nc(SCCC(=O)N3C[C@@H](C)[C@@](C)(O)C3)cc(C)c2c1. The first-order valence-electron chi connectivity index (χ1n) is 8.77. The van der Waals surface area contributed by atoms with Crippen molar-refractivity contribution < 1.29 is 9.90 Å². The van der Waals surface area contributed by atoms with Gasteiger partial charge < -0.3 is 10.0 Å². The highest BCUT2D eigenvalue weighted by Gasteiger charge is 2.40. The molecule has 1 saturated heterocycles. The van der Waals surface area contributed by atoms with E-state index >= 15 is 0 Å². The molecule has 0 unspecified atom stereocenters. The zero-order valence-electron chi connectivity index (χ0n) is 15.4. The summed E-state index contributed by atoms with van der Waals surface area (Å²) in [5.41, 5.74) is 2.69. The maximum Gasteiger partial charge on any atom is 0.223 e. The van der Waals surface area contributed by atoms with Crippen molar-refractivity contribution in [3.05, 3.63) is 35.4 Å². The van der Waals surface area contributed by atoms with Gasteiger partial charge in [-0.25, -0.2) is 4.98 Å². The van der Waals surface area contributed by atoms with E-state index in [1.54, 1.807) is 16.7 Å². The van der Waals surface area contributed by atoms with Crippen LogP contribution in [0.2, 0.25) is 0 Å². The van der Waals surface area contributed by atoms with E-state index in [9.17, 15) is 9.90 Å². The Kier molecular flexibility index (Phi) is 5.07. The van der Waals surface area contributed by atoms with Gasteiger partial charge in [0.15, 0.2) is 0 Å². The number of nitrogens with zero attached hydrogens (tertiary/aromatic N) is 2. The minimum atomic E-state index is -0.766. The lowest BCUT2D eigenvalue weighted by molar-refractivity contribution is -0.130. The Morgan fingerprint density at radius 3 is 2.84 bits per heavy atom. The fraction of sp³-hybridized carbons (Fsp3) is 0.500. The van der Waals surface area contributed by atoms with Crippen LogP contribution >= 0.6 is 11.8 Å². The molecule has 2 heterocycles. The molecule has 0 radical (unpaired) electrons. The number of likely N-dealkylation sites (tertiary alicyclic amines) is 1. The van der Waals surface area contributed by atoms with Gasteiger partial charge in [-0.2, -0.15) is 0 Å². The van der Waals surface area contributed by atoms with E-state index < -0.39 is 5.60 Å². The second kappa shape index (κ2) is 6.96. The number of hydrogen-bond acceptors (Lipinski definition) is 4. The van der Waals surface area contributed by atoms with E-state index in [0.29, 0.717) is 25.3 Å². The zero-order valence-corrected chi connectivity index (χ0v) is 16.2. The fourth-order valence-corrected chi connectivity index (χ4v) is 4.19. The van der Waals surface area contributed by atoms with Crippen LogP contribution < -0.4 is 0 Å². The van der Waals surface area contributed by atoms with Crippen LogP contribution in [-0.4, -0.2) is 45.3 Å². The summed E-state index contributed by atoms with van der Waals surface area (Å²) in [5.74, 6) is 0.943. The van der Waals surface area contributed by atoms with Gasteiger partial charge in [-0.05, 0) is 44.5 Å². The molecule has 1 amide bonds. The Hall–Kier alpha value is -1.59. The minimum Gasteiger partial charge on any atom is -0.388 e. The molecule has 0 saturated carbocycles. The van der Waals surface area contributed by atoms with Crippen molar-refractivity contribution in [2.45, 2.75) is 44.7 Å². The molecule has 2 aromatic rings. The molecular formula is C20H26N2O2S. The first-order valence-corrected chi connectivity index (χ1v) is 9.76. The molecule has 1 aromatic carbocycles. The van der Waals surface area contributed by atoms with E-state index in [1.807, 2.05) is 13.8 Å². The summed E-state index contributed by atoms with van der Waals surface area (Å²) < 4.78 is 0. The number of pyridine rings is 1. The molecule has 134 valence electrons. The number of hydrogen-bond donors (Lipinski definition) is 1. The molecule has 5 heteroatoms. The second-order valence-electron chi connectivity index (χ2n) is 7.43. The van der Waals surface area contributed by atoms with Crippen LogP contribution in [0.3, 0.4) is 0 Å². The largest absolute Gasteiger partial charge is 0.388 e. The predicted molar refractivity (Wildman–Crippen MR) is 103 cm³/mol. The predicted octanol–water partition coefficient (Wildman–Crippen LogP) is 3.56. The number of fused-ring (bicyclic) bond motifs is 1. The van der Waals surface area contributed by atoms with E-state index in [1.165, 1.54) is 16.5 Å². The van der Waals surface area contributed by atoms with Crippen molar-refractivity contribution in [3.63, 3.8) is 0 Å². The summed E-state index contributed by atoms with van der Waals surface area (Å²) in [4.78, 5) is 18.9. The van der Waals surface area contributed by atoms with E-state index in [2.05, 4.69) is 38.1 Å². The van der Waals surface area contributed by atoms with Gasteiger partial charge in [0.05, 0.1) is 16.1 Å². The summed E-state index contributed by atoms with van der Waals surface area (Å²) >= 11 is 1.62. The third-order valence-corrected chi connectivity index (χ3v) is 6.05. The highest BCUT2D eigenvalue weighted by molar-refractivity contribution is 7.99. The van der Waals surface area contributed by atoms with Crippen LogP contribution in [0.25, 0.3) is 10.9 Å². The Morgan fingerprint density at radius 2 is 2.16 bits per heavy atom. The smallest absolute Gasteiger partial charge is 0.223 e. The lowest BCUT2D eigenvalue weighted by Crippen LogP contribution is -2.35. The van der Waals surface area contributed by atoms with E-state index in [0.717, 1.165) is 10.5 Å². The molecule has 3 rings (SSSR count). The van der Waals surface area contributed by atoms with Crippen molar-refractivity contribution in [2.24, 2.45) is 5.92 Å². The Morgan fingerprint density at radius 1 is 1.40 bits per heavy atom. The maximum absolute atomic E-state index is 12.4. The molecule has 1 N–H and O–H groups in total. The van der Waals surface area contributed by atoms with Gasteiger partial charge in [-0.3, -0.25) is 4.79 Å². The topological polar surface area (TPSA) is 53.4 Å². The molecule has 2 atom stereocenters. The monoisotopic (exact) mass is 358 g/mol. The van der Waals surface area contributed by atoms with Crippen LogP contribution in [-0.2, 0) is 4.79 Å². The number of aliphatic hydroxyl groups is 1. The molecule has 0 aliphatic carbocycles. The van der Waals surface area contributed by atoms with Gasteiger partial charge >= 0.3 is 0 Å². The number of thioether (sulfide) groups is 1. The molecule has 1 aliphatic heterocycles. The summed E-state index contributed by atoms with van der Waals surface area (Å²) in [6, 6.07) is 8.39. The highest BCUT2D eigenvalue weighted by atomic mass is 32.2. The number of carbonyl (C=O) groups is 1. The van der Waals surface area contributed by atoms with Gasteiger partial charge in [0.25, 0.3) is 0 Å². The number of aromatic nitrogens is 1. The first kappa shape index (κ1) is 18.2. The number of carbonyl (C=O) groups excluding carboxylic acids is 1. The average molecular weight is 359 g/mol. The van der Waals surface area contributed by atoms with Crippen LogP contribution in [0, 0.1) is 19.8 Å². The molecule has 25 heavy (non-hydrogen) atoms. The Bertz CT molecular complexity index is 804. The van der Waals surface area contributed by atoms with Crippen molar-refractivity contribution in [1.82, 2.24) is 9.88 Å². The highest BCUT2D eigenvalue weighted by Crippen LogP contribution is 2.28. The molecule has 4 nitrogen and oxygen atoms in total. The van der Waals surface area contributed by atoms with Crippen LogP contribution in [0.15, 0.2) is 29.3 Å². The number of aryl methyl sites for hydroxylation is 2.